The molecule has 72 valence electrons. The average Bonchev–Trinajstić information content (AvgIpc) is 2.18. The van der Waals surface area contributed by atoms with Gasteiger partial charge in [0.15, 0.2) is 0 Å². The molecule has 3 heteroatoms. The van der Waals surface area contributed by atoms with Crippen LogP contribution in [-0.4, -0.2) is 18.0 Å². The van der Waals surface area contributed by atoms with E-state index in [2.05, 4.69) is 0 Å². The summed E-state index contributed by atoms with van der Waals surface area (Å²) < 4.78 is 0. The van der Waals surface area contributed by atoms with Crippen LogP contribution >= 0.6 is 11.8 Å². The van der Waals surface area contributed by atoms with Gasteiger partial charge in [0.25, 0.3) is 0 Å². The van der Waals surface area contributed by atoms with Crippen LogP contribution in [0.15, 0.2) is 29.2 Å². The number of thioether (sulfide) groups is 1. The van der Waals surface area contributed by atoms with Gasteiger partial charge < -0.3 is 10.8 Å². The Bertz CT molecular complexity index is 286. The predicted molar refractivity (Wildman–Crippen MR) is 56.8 cm³/mol. The molecule has 1 aromatic carbocycles. The summed E-state index contributed by atoms with van der Waals surface area (Å²) in [6, 6.07) is 7.94. The maximum atomic E-state index is 9.08. The van der Waals surface area contributed by atoms with Gasteiger partial charge in [-0.15, -0.1) is 11.8 Å². The Morgan fingerprint density at radius 2 is 2.23 bits per heavy atom. The first-order chi connectivity index (χ1) is 6.10. The first-order valence-electron chi connectivity index (χ1n) is 4.14. The first-order valence-corrected chi connectivity index (χ1v) is 5.37. The van der Waals surface area contributed by atoms with Crippen LogP contribution in [0.3, 0.4) is 0 Å². The minimum atomic E-state index is -0.633. The normalized spacial score (nSPS) is 15.4. The van der Waals surface area contributed by atoms with Crippen LogP contribution < -0.4 is 5.73 Å². The van der Waals surface area contributed by atoms with Crippen molar-refractivity contribution in [2.45, 2.75) is 17.4 Å². The molecule has 0 heterocycles. The van der Waals surface area contributed by atoms with Crippen molar-refractivity contribution in [3.05, 3.63) is 29.8 Å². The first kappa shape index (κ1) is 10.6. The lowest BCUT2D eigenvalue weighted by Gasteiger charge is -2.22. The summed E-state index contributed by atoms with van der Waals surface area (Å²) in [7, 11) is 0. The molecule has 3 N–H and O–H groups in total. The van der Waals surface area contributed by atoms with Crippen molar-refractivity contribution in [1.82, 2.24) is 0 Å². The summed E-state index contributed by atoms with van der Waals surface area (Å²) >= 11 is 1.67. The van der Waals surface area contributed by atoms with Crippen molar-refractivity contribution in [3.63, 3.8) is 0 Å². The van der Waals surface area contributed by atoms with Crippen LogP contribution in [0.4, 0.5) is 0 Å². The summed E-state index contributed by atoms with van der Waals surface area (Å²) in [6.07, 6.45) is 2.02. The number of rotatable bonds is 3. The molecular formula is C10H15NOS. The Hall–Kier alpha value is -0.510. The monoisotopic (exact) mass is 197 g/mol. The highest BCUT2D eigenvalue weighted by Crippen LogP contribution is 2.22. The predicted octanol–water partition coefficient (Wildman–Crippen LogP) is 1.57. The lowest BCUT2D eigenvalue weighted by Crippen LogP contribution is -2.36. The molecule has 0 amide bonds. The summed E-state index contributed by atoms with van der Waals surface area (Å²) in [6.45, 7) is 1.79. The van der Waals surface area contributed by atoms with E-state index in [9.17, 15) is 0 Å². The highest BCUT2D eigenvalue weighted by atomic mass is 32.2. The molecule has 0 unspecified atom stereocenters. The molecule has 0 spiro atoms. The van der Waals surface area contributed by atoms with Gasteiger partial charge in [-0.3, -0.25) is 0 Å². The molecule has 13 heavy (non-hydrogen) atoms. The van der Waals surface area contributed by atoms with Crippen molar-refractivity contribution in [3.8, 4) is 0 Å². The summed E-state index contributed by atoms with van der Waals surface area (Å²) in [5, 5.41) is 9.08. The topological polar surface area (TPSA) is 46.2 Å². The smallest absolute Gasteiger partial charge is 0.0650 e. The maximum absolute atomic E-state index is 9.08. The second kappa shape index (κ2) is 4.13. The SMILES string of the molecule is CSc1cccc([C@](C)(N)CO)c1. The van der Waals surface area contributed by atoms with Gasteiger partial charge in [0.05, 0.1) is 12.1 Å². The molecule has 1 rings (SSSR count). The van der Waals surface area contributed by atoms with Gasteiger partial charge in [0.1, 0.15) is 0 Å². The molecule has 0 bridgehead atoms. The Kier molecular flexibility index (Phi) is 3.36. The molecule has 0 aromatic heterocycles. The van der Waals surface area contributed by atoms with E-state index in [0.717, 1.165) is 5.56 Å². The van der Waals surface area contributed by atoms with Gasteiger partial charge in [-0.1, -0.05) is 12.1 Å². The Morgan fingerprint density at radius 3 is 2.77 bits per heavy atom. The lowest BCUT2D eigenvalue weighted by molar-refractivity contribution is 0.210. The summed E-state index contributed by atoms with van der Waals surface area (Å²) in [4.78, 5) is 1.17. The van der Waals surface area contributed by atoms with E-state index >= 15 is 0 Å². The van der Waals surface area contributed by atoms with E-state index in [1.807, 2.05) is 37.4 Å². The molecule has 1 atom stereocenters. The number of aliphatic hydroxyl groups is 1. The quantitative estimate of drug-likeness (QED) is 0.723. The van der Waals surface area contributed by atoms with Crippen LogP contribution in [0, 0.1) is 0 Å². The molecule has 0 aliphatic rings. The van der Waals surface area contributed by atoms with E-state index < -0.39 is 5.54 Å². The molecule has 0 aliphatic carbocycles. The number of benzene rings is 1. The number of hydrogen-bond donors (Lipinski definition) is 2. The van der Waals surface area contributed by atoms with Crippen molar-refractivity contribution in [1.29, 1.82) is 0 Å². The van der Waals surface area contributed by atoms with Crippen LogP contribution in [0.5, 0.6) is 0 Å². The number of nitrogens with two attached hydrogens (primary N) is 1. The molecule has 0 saturated carbocycles. The van der Waals surface area contributed by atoms with E-state index in [0.29, 0.717) is 0 Å². The summed E-state index contributed by atoms with van der Waals surface area (Å²) in [5.74, 6) is 0. The molecule has 0 fully saturated rings. The number of aliphatic hydroxyl groups excluding tert-OH is 1. The van der Waals surface area contributed by atoms with Gasteiger partial charge in [0.2, 0.25) is 0 Å². The zero-order valence-corrected chi connectivity index (χ0v) is 8.77. The maximum Gasteiger partial charge on any atom is 0.0650 e. The largest absolute Gasteiger partial charge is 0.394 e. The fourth-order valence-corrected chi connectivity index (χ4v) is 1.53. The molecule has 2 nitrogen and oxygen atoms in total. The highest BCUT2D eigenvalue weighted by molar-refractivity contribution is 7.98. The fourth-order valence-electron chi connectivity index (χ4n) is 1.07. The molecular weight excluding hydrogens is 182 g/mol. The fraction of sp³-hybridized carbons (Fsp3) is 0.400. The zero-order chi connectivity index (χ0) is 9.90. The molecule has 0 saturated heterocycles. The minimum Gasteiger partial charge on any atom is -0.394 e. The standard InChI is InChI=1S/C10H15NOS/c1-10(11,7-12)8-4-3-5-9(6-8)13-2/h3-6,12H,7,11H2,1-2H3/t10-/m1/s1. The van der Waals surface area contributed by atoms with Gasteiger partial charge in [-0.05, 0) is 30.9 Å². The lowest BCUT2D eigenvalue weighted by atomic mass is 9.94. The van der Waals surface area contributed by atoms with Crippen molar-refractivity contribution < 1.29 is 5.11 Å². The van der Waals surface area contributed by atoms with E-state index in [-0.39, 0.29) is 6.61 Å². The summed E-state index contributed by atoms with van der Waals surface area (Å²) in [5.41, 5.74) is 6.24. The van der Waals surface area contributed by atoms with Crippen LogP contribution in [-0.2, 0) is 5.54 Å². The van der Waals surface area contributed by atoms with Gasteiger partial charge in [0, 0.05) is 4.90 Å². The Morgan fingerprint density at radius 1 is 1.54 bits per heavy atom. The molecule has 0 aliphatic heterocycles. The van der Waals surface area contributed by atoms with E-state index in [4.69, 9.17) is 10.8 Å². The molecule has 0 radical (unpaired) electrons. The average molecular weight is 197 g/mol. The molecule has 1 aromatic rings. The second-order valence-corrected chi connectivity index (χ2v) is 4.19. The van der Waals surface area contributed by atoms with Crippen LogP contribution in [0.2, 0.25) is 0 Å². The van der Waals surface area contributed by atoms with Crippen LogP contribution in [0.25, 0.3) is 0 Å². The number of hydrogen-bond acceptors (Lipinski definition) is 3. The highest BCUT2D eigenvalue weighted by Gasteiger charge is 2.19. The van der Waals surface area contributed by atoms with Gasteiger partial charge in [-0.25, -0.2) is 0 Å². The third-order valence-electron chi connectivity index (χ3n) is 2.06. The van der Waals surface area contributed by atoms with Crippen molar-refractivity contribution in [2.24, 2.45) is 5.73 Å². The van der Waals surface area contributed by atoms with Gasteiger partial charge in [-0.2, -0.15) is 0 Å². The van der Waals surface area contributed by atoms with Crippen LogP contribution in [0.1, 0.15) is 12.5 Å². The van der Waals surface area contributed by atoms with Crippen molar-refractivity contribution in [2.75, 3.05) is 12.9 Å². The van der Waals surface area contributed by atoms with Gasteiger partial charge >= 0.3 is 0 Å². The third-order valence-corrected chi connectivity index (χ3v) is 2.78. The van der Waals surface area contributed by atoms with Crippen molar-refractivity contribution >= 4 is 11.8 Å². The Balaban J connectivity index is 3.01. The third kappa shape index (κ3) is 2.46. The van der Waals surface area contributed by atoms with E-state index in [1.54, 1.807) is 11.8 Å². The second-order valence-electron chi connectivity index (χ2n) is 3.31. The van der Waals surface area contributed by atoms with E-state index in [1.165, 1.54) is 4.90 Å². The Labute approximate surface area is 83.1 Å². The zero-order valence-electron chi connectivity index (χ0n) is 7.95. The minimum absolute atomic E-state index is 0.0369.